The number of benzene rings is 1. The van der Waals surface area contributed by atoms with Gasteiger partial charge in [-0.15, -0.1) is 11.6 Å². The van der Waals surface area contributed by atoms with Crippen LogP contribution in [-0.4, -0.2) is 22.5 Å². The van der Waals surface area contributed by atoms with Crippen LogP contribution in [0.25, 0.3) is 11.0 Å². The van der Waals surface area contributed by atoms with Crippen LogP contribution in [0.5, 0.6) is 5.75 Å². The number of halogens is 1. The summed E-state index contributed by atoms with van der Waals surface area (Å²) >= 11 is 5.92. The molecule has 1 aliphatic carbocycles. The molecule has 102 valence electrons. The van der Waals surface area contributed by atoms with Crippen molar-refractivity contribution in [3.63, 3.8) is 0 Å². The third kappa shape index (κ3) is 2.32. The second-order valence-corrected chi connectivity index (χ2v) is 5.51. The zero-order chi connectivity index (χ0) is 13.2. The highest BCUT2D eigenvalue weighted by Crippen LogP contribution is 2.34. The van der Waals surface area contributed by atoms with Gasteiger partial charge < -0.3 is 9.30 Å². The van der Waals surface area contributed by atoms with Crippen molar-refractivity contribution in [2.24, 2.45) is 0 Å². The average Bonchev–Trinajstić information content (AvgIpc) is 3.04. The quantitative estimate of drug-likeness (QED) is 0.792. The van der Waals surface area contributed by atoms with E-state index in [9.17, 15) is 0 Å². The summed E-state index contributed by atoms with van der Waals surface area (Å²) in [5.74, 6) is 2.60. The highest BCUT2D eigenvalue weighted by Gasteiger charge is 2.22. The number of rotatable bonds is 4. The van der Waals surface area contributed by atoms with Gasteiger partial charge in [-0.2, -0.15) is 0 Å². The molecule has 3 rings (SSSR count). The SMILES string of the molecule is COc1ccc2c(c1)nc(CCCl)n2C1CCCC1. The fraction of sp³-hybridized carbons (Fsp3) is 0.533. The number of aryl methyl sites for hydroxylation is 1. The molecule has 0 bridgehead atoms. The fourth-order valence-electron chi connectivity index (χ4n) is 3.09. The van der Waals surface area contributed by atoms with Crippen LogP contribution in [0.1, 0.15) is 37.5 Å². The Hall–Kier alpha value is -1.22. The Morgan fingerprint density at radius 2 is 2.16 bits per heavy atom. The standard InChI is InChI=1S/C15H19ClN2O/c1-19-12-6-7-14-13(10-12)17-15(8-9-16)18(14)11-4-2-3-5-11/h6-7,10-11H,2-5,8-9H2,1H3. The van der Waals surface area contributed by atoms with E-state index in [1.807, 2.05) is 12.1 Å². The van der Waals surface area contributed by atoms with Gasteiger partial charge in [0.05, 0.1) is 18.1 Å². The summed E-state index contributed by atoms with van der Waals surface area (Å²) in [6.45, 7) is 0. The first-order valence-electron chi connectivity index (χ1n) is 6.94. The van der Waals surface area contributed by atoms with E-state index in [1.54, 1.807) is 7.11 Å². The van der Waals surface area contributed by atoms with Crippen LogP contribution in [0, 0.1) is 0 Å². The van der Waals surface area contributed by atoms with Crippen molar-refractivity contribution >= 4 is 22.6 Å². The molecular formula is C15H19ClN2O. The Morgan fingerprint density at radius 1 is 1.37 bits per heavy atom. The van der Waals surface area contributed by atoms with E-state index in [2.05, 4.69) is 10.6 Å². The molecule has 1 saturated carbocycles. The van der Waals surface area contributed by atoms with Gasteiger partial charge in [0.15, 0.2) is 0 Å². The van der Waals surface area contributed by atoms with Gasteiger partial charge in [0.1, 0.15) is 11.6 Å². The molecule has 1 fully saturated rings. The second kappa shape index (κ2) is 5.41. The summed E-state index contributed by atoms with van der Waals surface area (Å²) in [5, 5.41) is 0. The van der Waals surface area contributed by atoms with Crippen molar-refractivity contribution in [1.29, 1.82) is 0 Å². The van der Waals surface area contributed by atoms with Crippen LogP contribution >= 0.6 is 11.6 Å². The Morgan fingerprint density at radius 3 is 2.84 bits per heavy atom. The van der Waals surface area contributed by atoms with Gasteiger partial charge in [0, 0.05) is 24.4 Å². The molecule has 0 radical (unpaired) electrons. The first kappa shape index (κ1) is 12.8. The summed E-state index contributed by atoms with van der Waals surface area (Å²) in [6, 6.07) is 6.74. The molecule has 0 unspecified atom stereocenters. The van der Waals surface area contributed by atoms with E-state index < -0.39 is 0 Å². The van der Waals surface area contributed by atoms with Crippen molar-refractivity contribution in [3.05, 3.63) is 24.0 Å². The van der Waals surface area contributed by atoms with Crippen LogP contribution in [0.2, 0.25) is 0 Å². The molecule has 0 aliphatic heterocycles. The Kier molecular flexibility index (Phi) is 3.65. The van der Waals surface area contributed by atoms with E-state index in [4.69, 9.17) is 21.3 Å². The molecule has 3 nitrogen and oxygen atoms in total. The maximum Gasteiger partial charge on any atom is 0.121 e. The summed E-state index contributed by atoms with van der Waals surface area (Å²) < 4.78 is 7.69. The molecule has 0 spiro atoms. The minimum absolute atomic E-state index is 0.594. The predicted octanol–water partition coefficient (Wildman–Crippen LogP) is 3.94. The van der Waals surface area contributed by atoms with Crippen LogP contribution < -0.4 is 4.74 Å². The number of methoxy groups -OCH3 is 1. The normalized spacial score (nSPS) is 16.3. The highest BCUT2D eigenvalue weighted by molar-refractivity contribution is 6.17. The number of fused-ring (bicyclic) bond motifs is 1. The lowest BCUT2D eigenvalue weighted by Crippen LogP contribution is -2.09. The van der Waals surface area contributed by atoms with Crippen molar-refractivity contribution in [2.75, 3.05) is 13.0 Å². The third-order valence-electron chi connectivity index (χ3n) is 3.98. The summed E-state index contributed by atoms with van der Waals surface area (Å²) in [7, 11) is 1.69. The number of hydrogen-bond donors (Lipinski definition) is 0. The maximum atomic E-state index is 5.92. The number of nitrogens with zero attached hydrogens (tertiary/aromatic N) is 2. The summed E-state index contributed by atoms with van der Waals surface area (Å²) in [6.07, 6.45) is 5.98. The maximum absolute atomic E-state index is 5.92. The topological polar surface area (TPSA) is 27.1 Å². The number of alkyl halides is 1. The van der Waals surface area contributed by atoms with Crippen LogP contribution in [0.4, 0.5) is 0 Å². The monoisotopic (exact) mass is 278 g/mol. The molecule has 0 amide bonds. The predicted molar refractivity (Wildman–Crippen MR) is 78.2 cm³/mol. The van der Waals surface area contributed by atoms with Gasteiger partial charge in [0.2, 0.25) is 0 Å². The summed E-state index contributed by atoms with van der Waals surface area (Å²) in [5.41, 5.74) is 2.24. The number of imidazole rings is 1. The molecule has 0 saturated heterocycles. The molecule has 0 atom stereocenters. The Balaban J connectivity index is 2.12. The lowest BCUT2D eigenvalue weighted by Gasteiger charge is -2.16. The minimum atomic E-state index is 0.594. The van der Waals surface area contributed by atoms with Gasteiger partial charge in [0.25, 0.3) is 0 Å². The smallest absolute Gasteiger partial charge is 0.121 e. The molecule has 1 aromatic carbocycles. The van der Waals surface area contributed by atoms with E-state index >= 15 is 0 Å². The van der Waals surface area contributed by atoms with Crippen LogP contribution in [0.3, 0.4) is 0 Å². The van der Waals surface area contributed by atoms with Crippen LogP contribution in [0.15, 0.2) is 18.2 Å². The molecule has 1 heterocycles. The highest BCUT2D eigenvalue weighted by atomic mass is 35.5. The molecule has 1 aliphatic rings. The summed E-state index contributed by atoms with van der Waals surface area (Å²) in [4.78, 5) is 4.75. The second-order valence-electron chi connectivity index (χ2n) is 5.13. The van der Waals surface area contributed by atoms with E-state index in [1.165, 1.54) is 31.2 Å². The van der Waals surface area contributed by atoms with Gasteiger partial charge in [-0.3, -0.25) is 0 Å². The van der Waals surface area contributed by atoms with Crippen molar-refractivity contribution in [1.82, 2.24) is 9.55 Å². The Labute approximate surface area is 118 Å². The van der Waals surface area contributed by atoms with E-state index in [0.29, 0.717) is 11.9 Å². The van der Waals surface area contributed by atoms with Crippen molar-refractivity contribution in [3.8, 4) is 5.75 Å². The molecule has 19 heavy (non-hydrogen) atoms. The van der Waals surface area contributed by atoms with Gasteiger partial charge in [-0.25, -0.2) is 4.98 Å². The number of hydrogen-bond acceptors (Lipinski definition) is 2. The largest absolute Gasteiger partial charge is 0.497 e. The van der Waals surface area contributed by atoms with E-state index in [0.717, 1.165) is 23.5 Å². The first-order valence-corrected chi connectivity index (χ1v) is 7.47. The molecular weight excluding hydrogens is 260 g/mol. The van der Waals surface area contributed by atoms with Crippen LogP contribution in [-0.2, 0) is 6.42 Å². The van der Waals surface area contributed by atoms with E-state index in [-0.39, 0.29) is 0 Å². The Bertz CT molecular complexity index is 573. The molecule has 4 heteroatoms. The average molecular weight is 279 g/mol. The molecule has 0 N–H and O–H groups in total. The molecule has 2 aromatic rings. The lowest BCUT2D eigenvalue weighted by molar-refractivity contribution is 0.415. The zero-order valence-electron chi connectivity index (χ0n) is 11.2. The molecule has 1 aromatic heterocycles. The third-order valence-corrected chi connectivity index (χ3v) is 4.17. The fourth-order valence-corrected chi connectivity index (χ4v) is 3.26. The van der Waals surface area contributed by atoms with Gasteiger partial charge >= 0.3 is 0 Å². The van der Waals surface area contributed by atoms with Crippen molar-refractivity contribution in [2.45, 2.75) is 38.1 Å². The zero-order valence-corrected chi connectivity index (χ0v) is 12.0. The lowest BCUT2D eigenvalue weighted by atomic mass is 10.2. The van der Waals surface area contributed by atoms with Gasteiger partial charge in [-0.05, 0) is 25.0 Å². The van der Waals surface area contributed by atoms with Gasteiger partial charge in [-0.1, -0.05) is 12.8 Å². The first-order chi connectivity index (χ1) is 9.33. The number of aromatic nitrogens is 2. The van der Waals surface area contributed by atoms with Crippen molar-refractivity contribution < 1.29 is 4.74 Å². The minimum Gasteiger partial charge on any atom is -0.497 e. The number of ether oxygens (including phenoxy) is 1.